The number of nitriles is 2. The van der Waals surface area contributed by atoms with Crippen molar-refractivity contribution in [2.45, 2.75) is 74.0 Å². The first kappa shape index (κ1) is 29.9. The minimum atomic E-state index is -4.11. The predicted molar refractivity (Wildman–Crippen MR) is 156 cm³/mol. The molecule has 0 aromatic carbocycles. The molecule has 5 nitrogen and oxygen atoms in total. The molecule has 1 saturated heterocycles. The molecule has 214 valence electrons. The van der Waals surface area contributed by atoms with Crippen LogP contribution >= 0.6 is 31.9 Å². The third-order valence-corrected chi connectivity index (χ3v) is 9.69. The van der Waals surface area contributed by atoms with Crippen LogP contribution in [0, 0.1) is 34.5 Å². The average Bonchev–Trinajstić information content (AvgIpc) is 3.41. The van der Waals surface area contributed by atoms with E-state index in [9.17, 15) is 23.7 Å². The van der Waals surface area contributed by atoms with Crippen molar-refractivity contribution in [1.82, 2.24) is 14.9 Å². The van der Waals surface area contributed by atoms with E-state index in [1.165, 1.54) is 6.42 Å². The first-order valence-corrected chi connectivity index (χ1v) is 15.4. The smallest absolute Gasteiger partial charge is 0.290 e. The van der Waals surface area contributed by atoms with Gasteiger partial charge in [0.1, 0.15) is 0 Å². The molecule has 2 aliphatic carbocycles. The number of fused-ring (bicyclic) bond motifs is 4. The van der Waals surface area contributed by atoms with Crippen LogP contribution in [0.1, 0.15) is 56.1 Å². The molecule has 2 unspecified atom stereocenters. The first-order chi connectivity index (χ1) is 19.5. The van der Waals surface area contributed by atoms with Gasteiger partial charge in [-0.25, -0.2) is 0 Å². The Labute approximate surface area is 255 Å². The van der Waals surface area contributed by atoms with Gasteiger partial charge >= 0.3 is 6.18 Å². The highest BCUT2D eigenvalue weighted by molar-refractivity contribution is 9.10. The van der Waals surface area contributed by atoms with Gasteiger partial charge in [0.05, 0.1) is 23.0 Å². The summed E-state index contributed by atoms with van der Waals surface area (Å²) < 4.78 is 38.9. The minimum absolute atomic E-state index is 0.00983. The van der Waals surface area contributed by atoms with Gasteiger partial charge in [-0.1, -0.05) is 24.3 Å². The standard InChI is InChI=1S/C17H17BrF3N3.C14H13BrN2/c18-13-6-12(9-23-10-13)16(11-22)7-14-2-3-15(8-16)24(14)5-1-4-17(19,20)21;15-13-4-12(7-17-8-13)14(9-16)5-10-1-2-11(3-10)6-14/h2-3,6,9-10,14-15H,1,4-5,7-8H2;1-2,4,7-8,10-11H,3,5-6H2/t14-,15+,16?;10-,11+,14?. The molecule has 41 heavy (non-hydrogen) atoms. The van der Waals surface area contributed by atoms with Crippen LogP contribution in [0.25, 0.3) is 0 Å². The van der Waals surface area contributed by atoms with Crippen LogP contribution in [0.2, 0.25) is 0 Å². The Morgan fingerprint density at radius 1 is 0.805 bits per heavy atom. The lowest BCUT2D eigenvalue weighted by Crippen LogP contribution is -2.50. The lowest BCUT2D eigenvalue weighted by molar-refractivity contribution is -0.136. The van der Waals surface area contributed by atoms with E-state index in [1.54, 1.807) is 18.6 Å². The molecule has 0 radical (unpaired) electrons. The summed E-state index contributed by atoms with van der Waals surface area (Å²) in [6.45, 7) is 0.403. The Hall–Kier alpha value is -2.53. The number of aromatic nitrogens is 2. The topological polar surface area (TPSA) is 76.6 Å². The maximum Gasteiger partial charge on any atom is 0.389 e. The molecule has 4 bridgehead atoms. The number of hydrogen-bond acceptors (Lipinski definition) is 5. The second kappa shape index (κ2) is 12.0. The molecule has 6 atom stereocenters. The van der Waals surface area contributed by atoms with Gasteiger partial charge in [-0.3, -0.25) is 14.9 Å². The Bertz CT molecular complexity index is 1380. The fourth-order valence-corrected chi connectivity index (χ4v) is 7.69. The van der Waals surface area contributed by atoms with Crippen LogP contribution in [-0.4, -0.2) is 39.7 Å². The largest absolute Gasteiger partial charge is 0.389 e. The fourth-order valence-electron chi connectivity index (χ4n) is 6.96. The quantitative estimate of drug-likeness (QED) is 0.298. The van der Waals surface area contributed by atoms with Crippen molar-refractivity contribution < 1.29 is 13.2 Å². The van der Waals surface area contributed by atoms with E-state index in [0.717, 1.165) is 32.9 Å². The minimum Gasteiger partial charge on any atom is -0.290 e. The number of halogens is 5. The summed E-state index contributed by atoms with van der Waals surface area (Å²) in [5.41, 5.74) is 0.949. The molecule has 2 aliphatic heterocycles. The molecule has 0 spiro atoms. The Balaban J connectivity index is 0.000000174. The summed E-state index contributed by atoms with van der Waals surface area (Å²) in [7, 11) is 0. The zero-order valence-electron chi connectivity index (χ0n) is 22.4. The van der Waals surface area contributed by atoms with E-state index in [0.29, 0.717) is 31.2 Å². The van der Waals surface area contributed by atoms with E-state index in [4.69, 9.17) is 0 Å². The maximum absolute atomic E-state index is 12.4. The number of piperidine rings is 1. The van der Waals surface area contributed by atoms with Gasteiger partial charge in [-0.15, -0.1) is 0 Å². The van der Waals surface area contributed by atoms with Crippen molar-refractivity contribution in [2.75, 3.05) is 6.54 Å². The zero-order valence-corrected chi connectivity index (χ0v) is 25.5. The summed E-state index contributed by atoms with van der Waals surface area (Å²) >= 11 is 6.83. The van der Waals surface area contributed by atoms with E-state index in [-0.39, 0.29) is 23.9 Å². The molecule has 2 aromatic rings. The molecule has 0 amide bonds. The summed E-state index contributed by atoms with van der Waals surface area (Å²) in [6, 6.07) is 8.99. The van der Waals surface area contributed by atoms with E-state index >= 15 is 0 Å². The van der Waals surface area contributed by atoms with Gasteiger partial charge in [-0.2, -0.15) is 23.7 Å². The van der Waals surface area contributed by atoms with Gasteiger partial charge in [-0.05, 0) is 112 Å². The Morgan fingerprint density at radius 3 is 1.73 bits per heavy atom. The first-order valence-electron chi connectivity index (χ1n) is 13.8. The maximum atomic E-state index is 12.4. The zero-order chi connectivity index (χ0) is 29.3. The van der Waals surface area contributed by atoms with Crippen LogP contribution in [0.4, 0.5) is 13.2 Å². The normalized spacial score (nSPS) is 31.7. The van der Waals surface area contributed by atoms with E-state index in [1.807, 2.05) is 30.5 Å². The number of hydrogen-bond donors (Lipinski definition) is 0. The molecule has 4 heterocycles. The van der Waals surface area contributed by atoms with Crippen molar-refractivity contribution in [3.05, 3.63) is 81.3 Å². The van der Waals surface area contributed by atoms with E-state index in [2.05, 4.69) is 71.0 Å². The second-order valence-electron chi connectivity index (χ2n) is 11.6. The third-order valence-electron chi connectivity index (χ3n) is 8.82. The third kappa shape index (κ3) is 6.61. The molecule has 10 heteroatoms. The Morgan fingerprint density at radius 2 is 1.29 bits per heavy atom. The monoisotopic (exact) mass is 687 g/mol. The van der Waals surface area contributed by atoms with Crippen molar-refractivity contribution >= 4 is 31.9 Å². The molecule has 0 N–H and O–H groups in total. The predicted octanol–water partition coefficient (Wildman–Crippen LogP) is 7.94. The number of pyridine rings is 2. The highest BCUT2D eigenvalue weighted by atomic mass is 79.9. The summed E-state index contributed by atoms with van der Waals surface area (Å²) in [5.74, 6) is 1.15. The molecule has 2 fully saturated rings. The van der Waals surface area contributed by atoms with Gasteiger partial charge in [0.25, 0.3) is 0 Å². The molecule has 1 saturated carbocycles. The van der Waals surface area contributed by atoms with Crippen LogP contribution in [-0.2, 0) is 10.8 Å². The average molecular weight is 689 g/mol. The highest BCUT2D eigenvalue weighted by Gasteiger charge is 2.47. The van der Waals surface area contributed by atoms with Crippen molar-refractivity contribution in [2.24, 2.45) is 11.8 Å². The van der Waals surface area contributed by atoms with Gasteiger partial charge < -0.3 is 0 Å². The lowest BCUT2D eigenvalue weighted by atomic mass is 9.66. The van der Waals surface area contributed by atoms with Gasteiger partial charge in [0.15, 0.2) is 0 Å². The van der Waals surface area contributed by atoms with Crippen LogP contribution in [0.15, 0.2) is 70.2 Å². The second-order valence-corrected chi connectivity index (χ2v) is 13.4. The summed E-state index contributed by atoms with van der Waals surface area (Å²) in [5, 5.41) is 19.5. The molecule has 6 rings (SSSR count). The highest BCUT2D eigenvalue weighted by Crippen LogP contribution is 2.48. The number of nitrogens with zero attached hydrogens (tertiary/aromatic N) is 5. The molecule has 2 aromatic heterocycles. The summed E-state index contributed by atoms with van der Waals surface area (Å²) in [4.78, 5) is 10.5. The molecular weight excluding hydrogens is 659 g/mol. The fraction of sp³-hybridized carbons (Fsp3) is 0.484. The number of allylic oxidation sites excluding steroid dienone is 2. The van der Waals surface area contributed by atoms with Gasteiger partial charge in [0.2, 0.25) is 0 Å². The van der Waals surface area contributed by atoms with Crippen molar-refractivity contribution in [3.63, 3.8) is 0 Å². The molecule has 4 aliphatic rings. The van der Waals surface area contributed by atoms with E-state index < -0.39 is 18.0 Å². The molecular formula is C31H30Br2F3N5. The Kier molecular flexibility index (Phi) is 8.76. The van der Waals surface area contributed by atoms with Crippen molar-refractivity contribution in [1.29, 1.82) is 10.5 Å². The van der Waals surface area contributed by atoms with Crippen LogP contribution in [0.3, 0.4) is 0 Å². The number of rotatable bonds is 5. The van der Waals surface area contributed by atoms with Crippen molar-refractivity contribution in [3.8, 4) is 12.1 Å². The van der Waals surface area contributed by atoms with Gasteiger partial charge in [0, 0.05) is 52.2 Å². The number of alkyl halides is 3. The summed E-state index contributed by atoms with van der Waals surface area (Å²) in [6.07, 6.45) is 15.1. The SMILES string of the molecule is N#CC1(c2cncc(Br)c2)C[C@@H]2C=C[C@@H](C2)C1.N#CC1(c2cncc(Br)c2)C[C@H]2C=C[C@@H](C1)N2CCCC(F)(F)F. The van der Waals surface area contributed by atoms with Crippen LogP contribution in [0.5, 0.6) is 0 Å². The lowest BCUT2D eigenvalue weighted by Gasteiger charge is -2.43. The van der Waals surface area contributed by atoms with Crippen LogP contribution < -0.4 is 0 Å².